The maximum Gasteiger partial charge on any atom is 0.328 e. The number of aliphatic carboxylic acids is 1. The van der Waals surface area contributed by atoms with Crippen LogP contribution in [0.2, 0.25) is 0 Å². The Kier molecular flexibility index (Phi) is 4.58. The second kappa shape index (κ2) is 6.39. The Morgan fingerprint density at radius 2 is 1.95 bits per heavy atom. The van der Waals surface area contributed by atoms with Crippen LogP contribution in [-0.4, -0.2) is 11.1 Å². The fourth-order valence-electron chi connectivity index (χ4n) is 1.68. The van der Waals surface area contributed by atoms with Crippen molar-refractivity contribution in [1.82, 2.24) is 0 Å². The molecule has 102 valence electrons. The number of rotatable bonds is 4. The fourth-order valence-corrected chi connectivity index (χ4v) is 2.02. The molecule has 0 aliphatic rings. The van der Waals surface area contributed by atoms with Crippen LogP contribution in [0.4, 0.5) is 0 Å². The van der Waals surface area contributed by atoms with Crippen molar-refractivity contribution in [3.63, 3.8) is 0 Å². The molecule has 0 heterocycles. The van der Waals surface area contributed by atoms with Gasteiger partial charge in [0.1, 0.15) is 11.5 Å². The SMILES string of the molecule is Cc1ccccc1Oc1cc(Br)ccc1/C=C/C(=O)O. The first-order valence-corrected chi connectivity index (χ1v) is 6.79. The number of hydrogen-bond donors (Lipinski definition) is 1. The minimum absolute atomic E-state index is 0.603. The molecule has 0 amide bonds. The summed E-state index contributed by atoms with van der Waals surface area (Å²) in [5.41, 5.74) is 1.72. The Labute approximate surface area is 125 Å². The first kappa shape index (κ1) is 14.3. The fraction of sp³-hybridized carbons (Fsp3) is 0.0625. The lowest BCUT2D eigenvalue weighted by Gasteiger charge is -2.11. The number of para-hydroxylation sites is 1. The van der Waals surface area contributed by atoms with E-state index in [2.05, 4.69) is 15.9 Å². The molecular formula is C16H13BrO3. The second-order valence-corrected chi connectivity index (χ2v) is 5.14. The van der Waals surface area contributed by atoms with Crippen LogP contribution < -0.4 is 4.74 Å². The van der Waals surface area contributed by atoms with Gasteiger partial charge >= 0.3 is 5.97 Å². The highest BCUT2D eigenvalue weighted by Gasteiger charge is 2.06. The van der Waals surface area contributed by atoms with Crippen molar-refractivity contribution in [2.24, 2.45) is 0 Å². The van der Waals surface area contributed by atoms with E-state index in [1.807, 2.05) is 43.3 Å². The summed E-state index contributed by atoms with van der Waals surface area (Å²) >= 11 is 3.39. The molecule has 0 saturated carbocycles. The van der Waals surface area contributed by atoms with Gasteiger partial charge in [0.05, 0.1) is 0 Å². The Hall–Kier alpha value is -2.07. The van der Waals surface area contributed by atoms with E-state index < -0.39 is 5.97 Å². The van der Waals surface area contributed by atoms with Gasteiger partial charge in [-0.1, -0.05) is 40.2 Å². The number of benzene rings is 2. The van der Waals surface area contributed by atoms with Crippen LogP contribution in [0, 0.1) is 6.92 Å². The summed E-state index contributed by atoms with van der Waals surface area (Å²) in [5, 5.41) is 8.72. The number of carbonyl (C=O) groups is 1. The topological polar surface area (TPSA) is 46.5 Å². The summed E-state index contributed by atoms with van der Waals surface area (Å²) in [7, 11) is 0. The minimum Gasteiger partial charge on any atom is -0.478 e. The minimum atomic E-state index is -0.991. The molecule has 2 aromatic carbocycles. The van der Waals surface area contributed by atoms with E-state index in [9.17, 15) is 4.79 Å². The highest BCUT2D eigenvalue weighted by molar-refractivity contribution is 9.10. The number of hydrogen-bond acceptors (Lipinski definition) is 2. The van der Waals surface area contributed by atoms with E-state index in [1.54, 1.807) is 6.07 Å². The molecule has 0 aliphatic heterocycles. The quantitative estimate of drug-likeness (QED) is 0.829. The Morgan fingerprint density at radius 3 is 2.65 bits per heavy atom. The van der Waals surface area contributed by atoms with Gasteiger partial charge in [-0.3, -0.25) is 0 Å². The third-order valence-electron chi connectivity index (χ3n) is 2.69. The molecule has 0 fully saturated rings. The van der Waals surface area contributed by atoms with Crippen LogP contribution in [0.1, 0.15) is 11.1 Å². The number of aryl methyl sites for hydroxylation is 1. The molecule has 0 atom stereocenters. The van der Waals surface area contributed by atoms with Crippen molar-refractivity contribution < 1.29 is 14.6 Å². The van der Waals surface area contributed by atoms with Crippen LogP contribution in [-0.2, 0) is 4.79 Å². The van der Waals surface area contributed by atoms with Gasteiger partial charge in [0.25, 0.3) is 0 Å². The van der Waals surface area contributed by atoms with Crippen LogP contribution in [0.15, 0.2) is 53.0 Å². The zero-order valence-electron chi connectivity index (χ0n) is 10.8. The van der Waals surface area contributed by atoms with E-state index in [4.69, 9.17) is 9.84 Å². The Bertz CT molecular complexity index is 663. The van der Waals surface area contributed by atoms with Crippen LogP contribution in [0.25, 0.3) is 6.08 Å². The van der Waals surface area contributed by atoms with Crippen LogP contribution >= 0.6 is 15.9 Å². The first-order valence-electron chi connectivity index (χ1n) is 6.00. The summed E-state index contributed by atoms with van der Waals surface area (Å²) in [6.45, 7) is 1.96. The smallest absolute Gasteiger partial charge is 0.328 e. The zero-order valence-corrected chi connectivity index (χ0v) is 12.4. The number of carboxylic acid groups (broad SMARTS) is 1. The largest absolute Gasteiger partial charge is 0.478 e. The standard InChI is InChI=1S/C16H13BrO3/c1-11-4-2-3-5-14(11)20-15-10-13(17)8-6-12(15)7-9-16(18)19/h2-10H,1H3,(H,18,19)/b9-7+. The maximum atomic E-state index is 10.6. The van der Waals surface area contributed by atoms with Crippen LogP contribution in [0.3, 0.4) is 0 Å². The van der Waals surface area contributed by atoms with Crippen molar-refractivity contribution in [2.45, 2.75) is 6.92 Å². The molecular weight excluding hydrogens is 320 g/mol. The zero-order chi connectivity index (χ0) is 14.5. The molecule has 20 heavy (non-hydrogen) atoms. The molecule has 4 heteroatoms. The molecule has 0 aliphatic carbocycles. The molecule has 1 N–H and O–H groups in total. The predicted octanol–water partition coefficient (Wildman–Crippen LogP) is 4.65. The average molecular weight is 333 g/mol. The van der Waals surface area contributed by atoms with Gasteiger partial charge in [-0.2, -0.15) is 0 Å². The first-order chi connectivity index (χ1) is 9.56. The summed E-state index contributed by atoms with van der Waals surface area (Å²) in [6.07, 6.45) is 2.61. The summed E-state index contributed by atoms with van der Waals surface area (Å²) in [5.74, 6) is 0.358. The molecule has 0 bridgehead atoms. The molecule has 3 nitrogen and oxygen atoms in total. The van der Waals surface area contributed by atoms with Crippen molar-refractivity contribution >= 4 is 28.0 Å². The molecule has 0 spiro atoms. The van der Waals surface area contributed by atoms with Crippen molar-refractivity contribution in [1.29, 1.82) is 0 Å². The van der Waals surface area contributed by atoms with E-state index in [0.717, 1.165) is 21.9 Å². The van der Waals surface area contributed by atoms with Crippen LogP contribution in [0.5, 0.6) is 11.5 Å². The molecule has 2 rings (SSSR count). The van der Waals surface area contributed by atoms with Gasteiger partial charge in [0, 0.05) is 16.1 Å². The van der Waals surface area contributed by atoms with E-state index in [0.29, 0.717) is 11.3 Å². The highest BCUT2D eigenvalue weighted by atomic mass is 79.9. The maximum absolute atomic E-state index is 10.6. The third-order valence-corrected chi connectivity index (χ3v) is 3.19. The lowest BCUT2D eigenvalue weighted by molar-refractivity contribution is -0.131. The number of halogens is 1. The Morgan fingerprint density at radius 1 is 1.20 bits per heavy atom. The Balaban J connectivity index is 2.37. The monoisotopic (exact) mass is 332 g/mol. The highest BCUT2D eigenvalue weighted by Crippen LogP contribution is 2.31. The molecule has 0 unspecified atom stereocenters. The van der Waals surface area contributed by atoms with Gasteiger partial charge in [0.15, 0.2) is 0 Å². The molecule has 2 aromatic rings. The summed E-state index contributed by atoms with van der Waals surface area (Å²) in [4.78, 5) is 10.6. The predicted molar refractivity (Wildman–Crippen MR) is 82.1 cm³/mol. The lowest BCUT2D eigenvalue weighted by atomic mass is 10.1. The second-order valence-electron chi connectivity index (χ2n) is 4.22. The number of ether oxygens (including phenoxy) is 1. The summed E-state index contributed by atoms with van der Waals surface area (Å²) < 4.78 is 6.75. The molecule has 0 radical (unpaired) electrons. The van der Waals surface area contributed by atoms with Gasteiger partial charge in [-0.05, 0) is 36.8 Å². The molecule has 0 aromatic heterocycles. The van der Waals surface area contributed by atoms with Gasteiger partial charge < -0.3 is 9.84 Å². The lowest BCUT2D eigenvalue weighted by Crippen LogP contribution is -1.91. The van der Waals surface area contributed by atoms with Gasteiger partial charge in [0.2, 0.25) is 0 Å². The number of carboxylic acids is 1. The average Bonchev–Trinajstić information content (AvgIpc) is 2.40. The third kappa shape index (κ3) is 3.71. The van der Waals surface area contributed by atoms with Gasteiger partial charge in [-0.25, -0.2) is 4.79 Å². The van der Waals surface area contributed by atoms with Gasteiger partial charge in [-0.15, -0.1) is 0 Å². The van der Waals surface area contributed by atoms with E-state index >= 15 is 0 Å². The normalized spacial score (nSPS) is 10.7. The summed E-state index contributed by atoms with van der Waals surface area (Å²) in [6, 6.07) is 13.1. The van der Waals surface area contributed by atoms with Crippen molar-refractivity contribution in [3.05, 3.63) is 64.1 Å². The van der Waals surface area contributed by atoms with E-state index in [1.165, 1.54) is 6.08 Å². The van der Waals surface area contributed by atoms with Crippen molar-refractivity contribution in [3.8, 4) is 11.5 Å². The molecule has 0 saturated heterocycles. The van der Waals surface area contributed by atoms with Crippen molar-refractivity contribution in [2.75, 3.05) is 0 Å². The van der Waals surface area contributed by atoms with E-state index in [-0.39, 0.29) is 0 Å².